The molecule has 0 atom stereocenters. The summed E-state index contributed by atoms with van der Waals surface area (Å²) in [6.45, 7) is 2.35. The van der Waals surface area contributed by atoms with Crippen molar-refractivity contribution in [3.63, 3.8) is 0 Å². The molecule has 0 aliphatic heterocycles. The molecule has 3 aromatic rings. The number of ether oxygens (including phenoxy) is 2. The first-order chi connectivity index (χ1) is 13.4. The Morgan fingerprint density at radius 3 is 2.82 bits per heavy atom. The van der Waals surface area contributed by atoms with Gasteiger partial charge < -0.3 is 13.9 Å². The molecule has 0 aliphatic carbocycles. The zero-order valence-corrected chi connectivity index (χ0v) is 19.4. The number of fused-ring (bicyclic) bond motifs is 1. The average Bonchev–Trinajstić information content (AvgIpc) is 3.08. The molecule has 6 nitrogen and oxygen atoms in total. The Hall–Kier alpha value is -1.78. The number of methoxy groups -OCH3 is 1. The molecule has 0 radical (unpaired) electrons. The molecular weight excluding hydrogens is 562 g/mol. The summed E-state index contributed by atoms with van der Waals surface area (Å²) in [5.74, 6) is 0.767. The van der Waals surface area contributed by atoms with E-state index in [1.165, 1.54) is 13.3 Å². The van der Waals surface area contributed by atoms with Crippen LogP contribution in [0.1, 0.15) is 23.0 Å². The van der Waals surface area contributed by atoms with Crippen LogP contribution in [0.25, 0.3) is 11.0 Å². The lowest BCUT2D eigenvalue weighted by atomic mass is 10.2. The van der Waals surface area contributed by atoms with Crippen LogP contribution in [-0.4, -0.2) is 25.8 Å². The number of nitrogens with zero attached hydrogens (tertiary/aromatic N) is 1. The van der Waals surface area contributed by atoms with Crippen molar-refractivity contribution in [2.24, 2.45) is 5.10 Å². The van der Waals surface area contributed by atoms with E-state index in [1.807, 2.05) is 19.1 Å². The van der Waals surface area contributed by atoms with Gasteiger partial charge in [-0.3, -0.25) is 4.79 Å². The quantitative estimate of drug-likeness (QED) is 0.234. The highest BCUT2D eigenvalue weighted by molar-refractivity contribution is 14.1. The second-order valence-corrected chi connectivity index (χ2v) is 8.06. The van der Waals surface area contributed by atoms with Gasteiger partial charge in [0.2, 0.25) is 0 Å². The Morgan fingerprint density at radius 1 is 1.32 bits per heavy atom. The fourth-order valence-electron chi connectivity index (χ4n) is 2.48. The molecule has 0 fully saturated rings. The molecule has 2 aromatic carbocycles. The third-order valence-corrected chi connectivity index (χ3v) is 5.30. The number of carbonyl (C=O) groups is 1. The number of furan rings is 1. The number of amides is 1. The van der Waals surface area contributed by atoms with Crippen molar-refractivity contribution in [3.05, 3.63) is 54.7 Å². The van der Waals surface area contributed by atoms with Gasteiger partial charge in [0.1, 0.15) is 5.58 Å². The van der Waals surface area contributed by atoms with Crippen LogP contribution < -0.4 is 14.9 Å². The Balaban J connectivity index is 1.78. The molecule has 1 amide bonds. The summed E-state index contributed by atoms with van der Waals surface area (Å²) in [6, 6.07) is 8.79. The maximum absolute atomic E-state index is 12.3. The maximum Gasteiger partial charge on any atom is 0.307 e. The first-order valence-electron chi connectivity index (χ1n) is 8.15. The van der Waals surface area contributed by atoms with E-state index >= 15 is 0 Å². The zero-order chi connectivity index (χ0) is 20.3. The minimum absolute atomic E-state index is 0.166. The van der Waals surface area contributed by atoms with E-state index in [-0.39, 0.29) is 5.76 Å². The van der Waals surface area contributed by atoms with Crippen molar-refractivity contribution in [1.82, 2.24) is 5.43 Å². The molecule has 1 heterocycles. The minimum Gasteiger partial charge on any atom is -0.493 e. The lowest BCUT2D eigenvalue weighted by Crippen LogP contribution is -2.16. The summed E-state index contributed by atoms with van der Waals surface area (Å²) in [7, 11) is 1.54. The number of halogens is 3. The van der Waals surface area contributed by atoms with E-state index in [0.717, 1.165) is 13.4 Å². The van der Waals surface area contributed by atoms with Crippen LogP contribution in [0.3, 0.4) is 0 Å². The predicted molar refractivity (Wildman–Crippen MR) is 121 cm³/mol. The summed E-state index contributed by atoms with van der Waals surface area (Å²) in [6.07, 6.45) is 1.44. The number of nitrogens with one attached hydrogen (secondary N) is 1. The standard InChI is InChI=1S/C19H15BrClIN2O4/c1-3-27-16-6-11(13(21)8-15(16)26-2)9-23-24-19(25)17-5-10-4-12(20)7-14(22)18(10)28-17/h4-9H,3H2,1-2H3,(H,24,25)/b23-9-. The summed E-state index contributed by atoms with van der Waals surface area (Å²) in [5, 5.41) is 5.21. The molecule has 28 heavy (non-hydrogen) atoms. The van der Waals surface area contributed by atoms with Gasteiger partial charge in [0, 0.05) is 21.5 Å². The molecule has 0 unspecified atom stereocenters. The fraction of sp³-hybridized carbons (Fsp3) is 0.158. The lowest BCUT2D eigenvalue weighted by Gasteiger charge is -2.11. The van der Waals surface area contributed by atoms with E-state index in [9.17, 15) is 4.79 Å². The molecule has 3 rings (SSSR count). The van der Waals surface area contributed by atoms with E-state index < -0.39 is 5.91 Å². The number of hydrogen-bond donors (Lipinski definition) is 1. The van der Waals surface area contributed by atoms with Crippen molar-refractivity contribution in [2.75, 3.05) is 13.7 Å². The number of rotatable bonds is 6. The number of carbonyl (C=O) groups excluding carboxylic acids is 1. The Morgan fingerprint density at radius 2 is 2.11 bits per heavy atom. The van der Waals surface area contributed by atoms with Crippen molar-refractivity contribution in [1.29, 1.82) is 0 Å². The fourth-order valence-corrected chi connectivity index (χ4v) is 4.34. The van der Waals surface area contributed by atoms with Crippen LogP contribution in [0.15, 0.2) is 44.3 Å². The van der Waals surface area contributed by atoms with E-state index in [0.29, 0.717) is 34.3 Å². The highest BCUT2D eigenvalue weighted by atomic mass is 127. The minimum atomic E-state index is -0.464. The summed E-state index contributed by atoms with van der Waals surface area (Å²) in [5.41, 5.74) is 3.67. The Kier molecular flexibility index (Phi) is 6.84. The van der Waals surface area contributed by atoms with Gasteiger partial charge in [0.05, 0.1) is 28.5 Å². The first kappa shape index (κ1) is 20.9. The van der Waals surface area contributed by atoms with Crippen molar-refractivity contribution in [2.45, 2.75) is 6.92 Å². The molecule has 1 N–H and O–H groups in total. The number of hydrazone groups is 1. The smallest absolute Gasteiger partial charge is 0.307 e. The number of benzene rings is 2. The molecule has 0 aliphatic rings. The first-order valence-corrected chi connectivity index (χ1v) is 10.4. The molecule has 0 saturated heterocycles. The molecule has 1 aromatic heterocycles. The second-order valence-electron chi connectivity index (χ2n) is 5.57. The van der Waals surface area contributed by atoms with Crippen LogP contribution in [-0.2, 0) is 0 Å². The van der Waals surface area contributed by atoms with Gasteiger partial charge in [-0.05, 0) is 53.8 Å². The highest BCUT2D eigenvalue weighted by Gasteiger charge is 2.14. The van der Waals surface area contributed by atoms with E-state index in [2.05, 4.69) is 49.0 Å². The Labute approximate surface area is 188 Å². The SMILES string of the molecule is CCOc1cc(/C=N\NC(=O)c2cc3cc(Br)cc(I)c3o2)c(Cl)cc1OC. The van der Waals surface area contributed by atoms with Crippen molar-refractivity contribution >= 4 is 73.2 Å². The van der Waals surface area contributed by atoms with E-state index in [4.69, 9.17) is 25.5 Å². The van der Waals surface area contributed by atoms with Gasteiger partial charge in [-0.25, -0.2) is 5.43 Å². The van der Waals surface area contributed by atoms with Gasteiger partial charge in [-0.2, -0.15) is 5.10 Å². The van der Waals surface area contributed by atoms with Crippen LogP contribution in [0, 0.1) is 3.57 Å². The van der Waals surface area contributed by atoms with Crippen LogP contribution in [0.5, 0.6) is 11.5 Å². The highest BCUT2D eigenvalue weighted by Crippen LogP contribution is 2.32. The zero-order valence-electron chi connectivity index (χ0n) is 14.9. The molecule has 0 spiro atoms. The van der Waals surface area contributed by atoms with E-state index in [1.54, 1.807) is 18.2 Å². The Bertz CT molecular complexity index is 1070. The van der Waals surface area contributed by atoms with Crippen LogP contribution in [0.2, 0.25) is 5.02 Å². The molecule has 9 heteroatoms. The lowest BCUT2D eigenvalue weighted by molar-refractivity contribution is 0.0929. The molecular formula is C19H15BrClIN2O4. The van der Waals surface area contributed by atoms with Crippen LogP contribution in [0.4, 0.5) is 0 Å². The normalized spacial score (nSPS) is 11.2. The van der Waals surface area contributed by atoms with Crippen molar-refractivity contribution in [3.8, 4) is 11.5 Å². The molecule has 0 bridgehead atoms. The topological polar surface area (TPSA) is 73.1 Å². The van der Waals surface area contributed by atoms with Crippen molar-refractivity contribution < 1.29 is 18.7 Å². The average molecular weight is 578 g/mol. The monoisotopic (exact) mass is 576 g/mol. The second kappa shape index (κ2) is 9.15. The molecule has 146 valence electrons. The maximum atomic E-state index is 12.3. The predicted octanol–water partition coefficient (Wildman–Crippen LogP) is 5.62. The third-order valence-electron chi connectivity index (χ3n) is 3.71. The van der Waals surface area contributed by atoms with Gasteiger partial charge in [0.15, 0.2) is 17.3 Å². The van der Waals surface area contributed by atoms with Crippen LogP contribution >= 0.6 is 50.1 Å². The largest absolute Gasteiger partial charge is 0.493 e. The van der Waals surface area contributed by atoms with Gasteiger partial charge in [0.25, 0.3) is 0 Å². The van der Waals surface area contributed by atoms with Gasteiger partial charge >= 0.3 is 5.91 Å². The number of hydrogen-bond acceptors (Lipinski definition) is 5. The third kappa shape index (κ3) is 4.61. The summed E-state index contributed by atoms with van der Waals surface area (Å²) >= 11 is 11.8. The van der Waals surface area contributed by atoms with Gasteiger partial charge in [-0.1, -0.05) is 27.5 Å². The summed E-state index contributed by atoms with van der Waals surface area (Å²) < 4.78 is 18.2. The summed E-state index contributed by atoms with van der Waals surface area (Å²) in [4.78, 5) is 12.3. The van der Waals surface area contributed by atoms with Gasteiger partial charge in [-0.15, -0.1) is 0 Å². The molecule has 0 saturated carbocycles.